The summed E-state index contributed by atoms with van der Waals surface area (Å²) in [6, 6.07) is 28.9. The number of fused-ring (bicyclic) bond motifs is 1. The highest BCUT2D eigenvalue weighted by atomic mass is 16.7. The molecule has 1 N–H and O–H groups in total. The van der Waals surface area contributed by atoms with Crippen molar-refractivity contribution in [3.05, 3.63) is 102 Å². The molecule has 7 nitrogen and oxygen atoms in total. The first-order valence-corrected chi connectivity index (χ1v) is 14.3. The van der Waals surface area contributed by atoms with Crippen LogP contribution in [0.1, 0.15) is 32.3 Å². The Morgan fingerprint density at radius 2 is 1.46 bits per heavy atom. The fraction of sp³-hybridized carbons (Fsp3) is 0.294. The van der Waals surface area contributed by atoms with E-state index in [0.717, 1.165) is 57.6 Å². The maximum atomic E-state index is 9.41. The second kappa shape index (κ2) is 13.4. The first-order chi connectivity index (χ1) is 20.1. The number of nitrogens with one attached hydrogen (secondary N) is 1. The second-order valence-electron chi connectivity index (χ2n) is 9.86. The highest BCUT2D eigenvalue weighted by molar-refractivity contribution is 6.02. The molecule has 0 unspecified atom stereocenters. The molecule has 0 aliphatic rings. The standard InChI is InChI=1S/C34H38N4O3/c1-4-40-29(41-5-2)17-12-22-37-24-36-34-31(33(37)35)30(26-13-8-6-9-14-26)32(27-15-10-7-11-16-27)38(34)23-25-18-20-28(39-3)21-19-25/h6-11,13-16,18-21,24,29,35H,4-5,12,17,22-23H2,1-3H3. The summed E-state index contributed by atoms with van der Waals surface area (Å²) in [7, 11) is 1.68. The lowest BCUT2D eigenvalue weighted by Crippen LogP contribution is -2.23. The predicted octanol–water partition coefficient (Wildman–Crippen LogP) is 6.89. The molecule has 0 bridgehead atoms. The summed E-state index contributed by atoms with van der Waals surface area (Å²) in [5.74, 6) is 0.822. The molecule has 2 heterocycles. The summed E-state index contributed by atoms with van der Waals surface area (Å²) in [4.78, 5) is 4.99. The van der Waals surface area contributed by atoms with E-state index in [2.05, 4.69) is 53.1 Å². The number of ether oxygens (including phenoxy) is 3. The van der Waals surface area contributed by atoms with E-state index < -0.39 is 0 Å². The van der Waals surface area contributed by atoms with Gasteiger partial charge in [-0.3, -0.25) is 5.41 Å². The summed E-state index contributed by atoms with van der Waals surface area (Å²) in [6.45, 7) is 6.44. The van der Waals surface area contributed by atoms with Crippen LogP contribution < -0.4 is 10.2 Å². The lowest BCUT2D eigenvalue weighted by atomic mass is 9.99. The van der Waals surface area contributed by atoms with Gasteiger partial charge in [0, 0.05) is 38.3 Å². The van der Waals surface area contributed by atoms with E-state index >= 15 is 0 Å². The molecule has 0 spiro atoms. The lowest BCUT2D eigenvalue weighted by molar-refractivity contribution is -0.140. The molecule has 0 atom stereocenters. The van der Waals surface area contributed by atoms with E-state index in [-0.39, 0.29) is 6.29 Å². The molecule has 7 heteroatoms. The highest BCUT2D eigenvalue weighted by Crippen LogP contribution is 2.39. The minimum absolute atomic E-state index is 0.230. The van der Waals surface area contributed by atoms with Crippen molar-refractivity contribution in [2.24, 2.45) is 0 Å². The average molecular weight is 551 g/mol. The summed E-state index contributed by atoms with van der Waals surface area (Å²) >= 11 is 0. The van der Waals surface area contributed by atoms with Gasteiger partial charge in [-0.25, -0.2) is 4.98 Å². The minimum Gasteiger partial charge on any atom is -0.497 e. The van der Waals surface area contributed by atoms with Gasteiger partial charge in [0.15, 0.2) is 6.29 Å². The van der Waals surface area contributed by atoms with Crippen LogP contribution in [0.4, 0.5) is 0 Å². The molecule has 0 fully saturated rings. The van der Waals surface area contributed by atoms with Gasteiger partial charge in [-0.1, -0.05) is 72.8 Å². The van der Waals surface area contributed by atoms with E-state index in [9.17, 15) is 5.41 Å². The smallest absolute Gasteiger partial charge is 0.157 e. The number of aryl methyl sites for hydroxylation is 1. The van der Waals surface area contributed by atoms with Gasteiger partial charge in [-0.05, 0) is 49.1 Å². The van der Waals surface area contributed by atoms with Crippen LogP contribution in [0.15, 0.2) is 91.3 Å². The van der Waals surface area contributed by atoms with Crippen LogP contribution in [-0.2, 0) is 22.6 Å². The average Bonchev–Trinajstić information content (AvgIpc) is 3.34. The molecular formula is C34H38N4O3. The minimum atomic E-state index is -0.230. The Labute approximate surface area is 241 Å². The Kier molecular flexibility index (Phi) is 9.29. The quantitative estimate of drug-likeness (QED) is 0.162. The van der Waals surface area contributed by atoms with Crippen LogP contribution in [0, 0.1) is 5.41 Å². The van der Waals surface area contributed by atoms with Gasteiger partial charge in [-0.2, -0.15) is 0 Å². The van der Waals surface area contributed by atoms with Crippen LogP contribution in [0.5, 0.6) is 5.75 Å². The molecule has 2 aromatic heterocycles. The van der Waals surface area contributed by atoms with Gasteiger partial charge < -0.3 is 23.3 Å². The number of hydrogen-bond donors (Lipinski definition) is 1. The summed E-state index contributed by atoms with van der Waals surface area (Å²) in [6.07, 6.45) is 3.14. The van der Waals surface area contributed by atoms with Gasteiger partial charge >= 0.3 is 0 Å². The maximum absolute atomic E-state index is 9.41. The van der Waals surface area contributed by atoms with Crippen molar-refractivity contribution in [1.29, 1.82) is 5.41 Å². The number of aromatic nitrogens is 3. The van der Waals surface area contributed by atoms with Gasteiger partial charge in [0.25, 0.3) is 0 Å². The number of methoxy groups -OCH3 is 1. The first-order valence-electron chi connectivity index (χ1n) is 14.3. The summed E-state index contributed by atoms with van der Waals surface area (Å²) in [5.41, 5.74) is 6.58. The molecule has 3 aromatic carbocycles. The van der Waals surface area contributed by atoms with Gasteiger partial charge in [-0.15, -0.1) is 0 Å². The van der Waals surface area contributed by atoms with Crippen LogP contribution >= 0.6 is 0 Å². The Morgan fingerprint density at radius 1 is 0.829 bits per heavy atom. The molecule has 0 saturated heterocycles. The van der Waals surface area contributed by atoms with Crippen molar-refractivity contribution in [3.8, 4) is 28.1 Å². The van der Waals surface area contributed by atoms with E-state index in [4.69, 9.17) is 19.2 Å². The van der Waals surface area contributed by atoms with Crippen molar-refractivity contribution < 1.29 is 14.2 Å². The Morgan fingerprint density at radius 3 is 2.07 bits per heavy atom. The third kappa shape index (κ3) is 6.26. The molecule has 0 amide bonds. The lowest BCUT2D eigenvalue weighted by Gasteiger charge is -2.17. The zero-order valence-electron chi connectivity index (χ0n) is 24.0. The van der Waals surface area contributed by atoms with Crippen molar-refractivity contribution in [2.75, 3.05) is 20.3 Å². The van der Waals surface area contributed by atoms with Crippen LogP contribution in [0.3, 0.4) is 0 Å². The zero-order valence-corrected chi connectivity index (χ0v) is 24.0. The highest BCUT2D eigenvalue weighted by Gasteiger charge is 2.23. The fourth-order valence-corrected chi connectivity index (χ4v) is 5.32. The number of benzene rings is 3. The second-order valence-corrected chi connectivity index (χ2v) is 9.86. The van der Waals surface area contributed by atoms with Crippen LogP contribution in [0.2, 0.25) is 0 Å². The third-order valence-corrected chi connectivity index (χ3v) is 7.23. The molecule has 41 heavy (non-hydrogen) atoms. The molecule has 0 aliphatic carbocycles. The molecule has 5 aromatic rings. The Balaban J connectivity index is 1.66. The number of nitrogens with zero attached hydrogens (tertiary/aromatic N) is 3. The van der Waals surface area contributed by atoms with Crippen molar-refractivity contribution in [3.63, 3.8) is 0 Å². The molecule has 0 saturated carbocycles. The van der Waals surface area contributed by atoms with Crippen molar-refractivity contribution >= 4 is 11.0 Å². The number of hydrogen-bond acceptors (Lipinski definition) is 5. The molecular weight excluding hydrogens is 512 g/mol. The summed E-state index contributed by atoms with van der Waals surface area (Å²) < 4.78 is 21.0. The van der Waals surface area contributed by atoms with Crippen molar-refractivity contribution in [2.45, 2.75) is 46.1 Å². The Hall–Kier alpha value is -4.20. The normalized spacial score (nSPS) is 11.4. The SMILES string of the molecule is CCOC(CCCn1cnc2c(c(-c3ccccc3)c(-c3ccccc3)n2Cc2ccc(OC)cc2)c1=N)OCC. The van der Waals surface area contributed by atoms with Crippen LogP contribution in [-0.4, -0.2) is 40.7 Å². The van der Waals surface area contributed by atoms with Gasteiger partial charge in [0.1, 0.15) is 16.9 Å². The Bertz CT molecular complexity index is 1600. The maximum Gasteiger partial charge on any atom is 0.157 e. The van der Waals surface area contributed by atoms with Gasteiger partial charge in [0.05, 0.1) is 24.5 Å². The van der Waals surface area contributed by atoms with E-state index in [0.29, 0.717) is 31.8 Å². The summed E-state index contributed by atoms with van der Waals surface area (Å²) in [5, 5.41) is 10.3. The van der Waals surface area contributed by atoms with Crippen molar-refractivity contribution in [1.82, 2.24) is 14.1 Å². The van der Waals surface area contributed by atoms with E-state index in [1.165, 1.54) is 0 Å². The molecule has 0 aliphatic heterocycles. The molecule has 0 radical (unpaired) electrons. The zero-order chi connectivity index (χ0) is 28.6. The molecule has 212 valence electrons. The number of rotatable bonds is 13. The molecule has 5 rings (SSSR count). The van der Waals surface area contributed by atoms with E-state index in [1.807, 2.05) is 54.8 Å². The van der Waals surface area contributed by atoms with E-state index in [1.54, 1.807) is 13.4 Å². The topological polar surface area (TPSA) is 74.3 Å². The third-order valence-electron chi connectivity index (χ3n) is 7.23. The monoisotopic (exact) mass is 550 g/mol. The predicted molar refractivity (Wildman–Crippen MR) is 163 cm³/mol. The fourth-order valence-electron chi connectivity index (χ4n) is 5.32. The first kappa shape index (κ1) is 28.3. The largest absolute Gasteiger partial charge is 0.497 e. The van der Waals surface area contributed by atoms with Crippen LogP contribution in [0.25, 0.3) is 33.4 Å². The van der Waals surface area contributed by atoms with Gasteiger partial charge in [0.2, 0.25) is 0 Å².